The smallest absolute Gasteiger partial charge is 0.427 e. The molecule has 0 spiro atoms. The number of unbranched alkanes of at least 4 members (excludes halogenated alkanes) is 1. The van der Waals surface area contributed by atoms with Gasteiger partial charge in [0.15, 0.2) is 0 Å². The van der Waals surface area contributed by atoms with Crippen molar-refractivity contribution in [1.82, 2.24) is 0 Å². The first-order valence-electron chi connectivity index (χ1n) is 10.5. The van der Waals surface area contributed by atoms with Crippen LogP contribution in [0.5, 0.6) is 0 Å². The summed E-state index contributed by atoms with van der Waals surface area (Å²) in [5.74, 6) is 1.19. The summed E-state index contributed by atoms with van der Waals surface area (Å²) in [6.07, 6.45) is 7.96. The van der Waals surface area contributed by atoms with E-state index in [4.69, 9.17) is 15.8 Å². The van der Waals surface area contributed by atoms with Gasteiger partial charge in [0.2, 0.25) is 0 Å². The molecular weight excluding hydrogens is 352 g/mol. The molecule has 2 aromatic carbocycles. The molecule has 0 bridgehead atoms. The Hall–Kier alpha value is -1.69. The highest BCUT2D eigenvalue weighted by Gasteiger charge is 2.32. The van der Waals surface area contributed by atoms with Crippen molar-refractivity contribution in [2.24, 2.45) is 17.6 Å². The molecule has 4 N–H and O–H groups in total. The van der Waals surface area contributed by atoms with E-state index in [2.05, 4.69) is 24.3 Å². The Morgan fingerprint density at radius 3 is 2.18 bits per heavy atom. The Balaban J connectivity index is 1.35. The van der Waals surface area contributed by atoms with Crippen molar-refractivity contribution < 1.29 is 14.4 Å². The molecule has 1 aliphatic carbocycles. The summed E-state index contributed by atoms with van der Waals surface area (Å²) in [7, 11) is -1.19. The van der Waals surface area contributed by atoms with Gasteiger partial charge in [-0.1, -0.05) is 49.2 Å². The molecule has 1 unspecified atom stereocenters. The summed E-state index contributed by atoms with van der Waals surface area (Å²) in [6, 6.07) is 15.5. The van der Waals surface area contributed by atoms with Gasteiger partial charge in [0, 0.05) is 6.04 Å². The Labute approximate surface area is 167 Å². The van der Waals surface area contributed by atoms with Crippen LogP contribution in [0.3, 0.4) is 0 Å². The lowest BCUT2D eigenvalue weighted by Crippen LogP contribution is -2.39. The first kappa shape index (κ1) is 21.0. The van der Waals surface area contributed by atoms with Gasteiger partial charge in [-0.05, 0) is 79.1 Å². The van der Waals surface area contributed by atoms with Crippen LogP contribution in [0.2, 0.25) is 6.32 Å². The van der Waals surface area contributed by atoms with Crippen molar-refractivity contribution in [3.05, 3.63) is 59.9 Å². The molecule has 1 atom stereocenters. The quantitative estimate of drug-likeness (QED) is 0.420. The largest absolute Gasteiger partial charge is 0.451 e. The standard InChI is InChI=1S/C23H31BFNO2/c25-22-12-10-20(11-13-22)19-8-6-17(7-9-19)4-5-18-15-21(16-18)23(26)3-1-2-14-24(27)28/h6-13,18,21,23,27-28H,1-5,14-16,26H2. The van der Waals surface area contributed by atoms with Gasteiger partial charge < -0.3 is 15.8 Å². The zero-order valence-corrected chi connectivity index (χ0v) is 16.4. The predicted molar refractivity (Wildman–Crippen MR) is 113 cm³/mol. The highest BCUT2D eigenvalue weighted by Crippen LogP contribution is 2.39. The Bertz CT molecular complexity index is 714. The van der Waals surface area contributed by atoms with E-state index in [1.165, 1.54) is 37.0 Å². The summed E-state index contributed by atoms with van der Waals surface area (Å²) in [6.45, 7) is 0. The molecule has 2 aromatic rings. The molecule has 0 heterocycles. The maximum absolute atomic E-state index is 13.0. The van der Waals surface area contributed by atoms with E-state index in [-0.39, 0.29) is 11.9 Å². The average Bonchev–Trinajstić information content (AvgIpc) is 2.65. The van der Waals surface area contributed by atoms with Gasteiger partial charge in [-0.15, -0.1) is 0 Å². The molecule has 3 nitrogen and oxygen atoms in total. The van der Waals surface area contributed by atoms with Gasteiger partial charge in [-0.2, -0.15) is 0 Å². The zero-order chi connectivity index (χ0) is 19.9. The van der Waals surface area contributed by atoms with Crippen molar-refractivity contribution in [3.8, 4) is 11.1 Å². The van der Waals surface area contributed by atoms with Crippen molar-refractivity contribution in [2.75, 3.05) is 0 Å². The van der Waals surface area contributed by atoms with E-state index in [1.54, 1.807) is 0 Å². The molecular formula is C23H31BFNO2. The van der Waals surface area contributed by atoms with Gasteiger partial charge >= 0.3 is 7.12 Å². The molecule has 0 aromatic heterocycles. The molecule has 1 saturated carbocycles. The van der Waals surface area contributed by atoms with Crippen LogP contribution in [-0.4, -0.2) is 23.2 Å². The highest BCUT2D eigenvalue weighted by atomic mass is 19.1. The molecule has 0 saturated heterocycles. The summed E-state index contributed by atoms with van der Waals surface area (Å²) in [5, 5.41) is 17.7. The first-order valence-corrected chi connectivity index (χ1v) is 10.5. The third-order valence-corrected chi connectivity index (χ3v) is 6.10. The number of aryl methyl sites for hydroxylation is 1. The number of rotatable bonds is 10. The third-order valence-electron chi connectivity index (χ3n) is 6.10. The highest BCUT2D eigenvalue weighted by molar-refractivity contribution is 6.40. The fraction of sp³-hybridized carbons (Fsp3) is 0.478. The zero-order valence-electron chi connectivity index (χ0n) is 16.4. The molecule has 1 fully saturated rings. The lowest BCUT2D eigenvalue weighted by atomic mass is 9.68. The number of hydrogen-bond acceptors (Lipinski definition) is 3. The van der Waals surface area contributed by atoms with E-state index >= 15 is 0 Å². The van der Waals surface area contributed by atoms with Gasteiger partial charge in [0.1, 0.15) is 5.82 Å². The number of hydrogen-bond donors (Lipinski definition) is 3. The lowest BCUT2D eigenvalue weighted by Gasteiger charge is -2.39. The molecule has 0 radical (unpaired) electrons. The third kappa shape index (κ3) is 6.16. The average molecular weight is 383 g/mol. The van der Waals surface area contributed by atoms with Crippen molar-refractivity contribution in [1.29, 1.82) is 0 Å². The number of halogens is 1. The van der Waals surface area contributed by atoms with E-state index in [0.29, 0.717) is 12.2 Å². The Morgan fingerprint density at radius 1 is 0.964 bits per heavy atom. The summed E-state index contributed by atoms with van der Waals surface area (Å²) >= 11 is 0. The van der Waals surface area contributed by atoms with E-state index in [1.807, 2.05) is 12.1 Å². The van der Waals surface area contributed by atoms with E-state index in [0.717, 1.165) is 42.7 Å². The number of nitrogens with two attached hydrogens (primary N) is 1. The molecule has 0 aliphatic heterocycles. The topological polar surface area (TPSA) is 66.5 Å². The molecule has 3 rings (SSSR count). The van der Waals surface area contributed by atoms with Crippen LogP contribution in [0.4, 0.5) is 4.39 Å². The van der Waals surface area contributed by atoms with Gasteiger partial charge in [0.05, 0.1) is 0 Å². The fourth-order valence-corrected chi connectivity index (χ4v) is 4.19. The minimum atomic E-state index is -1.19. The van der Waals surface area contributed by atoms with Crippen molar-refractivity contribution >= 4 is 7.12 Å². The van der Waals surface area contributed by atoms with Crippen LogP contribution in [0, 0.1) is 17.7 Å². The normalized spacial score (nSPS) is 19.9. The second-order valence-corrected chi connectivity index (χ2v) is 8.27. The SMILES string of the molecule is NC(CCCCB(O)O)C1CC(CCc2ccc(-c3ccc(F)cc3)cc2)C1. The van der Waals surface area contributed by atoms with Crippen LogP contribution < -0.4 is 5.73 Å². The van der Waals surface area contributed by atoms with Gasteiger partial charge in [0.25, 0.3) is 0 Å². The minimum Gasteiger partial charge on any atom is -0.427 e. The molecule has 5 heteroatoms. The molecule has 0 amide bonds. The van der Waals surface area contributed by atoms with Crippen LogP contribution in [0.1, 0.15) is 44.1 Å². The predicted octanol–water partition coefficient (Wildman–Crippen LogP) is 4.42. The molecule has 28 heavy (non-hydrogen) atoms. The van der Waals surface area contributed by atoms with Gasteiger partial charge in [-0.25, -0.2) is 4.39 Å². The molecule has 150 valence electrons. The van der Waals surface area contributed by atoms with Crippen LogP contribution in [0.15, 0.2) is 48.5 Å². The monoisotopic (exact) mass is 383 g/mol. The lowest BCUT2D eigenvalue weighted by molar-refractivity contribution is 0.147. The first-order chi connectivity index (χ1) is 13.5. The Morgan fingerprint density at radius 2 is 1.57 bits per heavy atom. The van der Waals surface area contributed by atoms with Crippen molar-refractivity contribution in [3.63, 3.8) is 0 Å². The van der Waals surface area contributed by atoms with Crippen molar-refractivity contribution in [2.45, 2.75) is 57.3 Å². The van der Waals surface area contributed by atoms with E-state index < -0.39 is 7.12 Å². The minimum absolute atomic E-state index is 0.206. The van der Waals surface area contributed by atoms with Gasteiger partial charge in [-0.3, -0.25) is 0 Å². The fourth-order valence-electron chi connectivity index (χ4n) is 4.19. The van der Waals surface area contributed by atoms with Crippen LogP contribution >= 0.6 is 0 Å². The summed E-state index contributed by atoms with van der Waals surface area (Å²) in [5.41, 5.74) is 9.80. The Kier molecular flexibility index (Phi) is 7.66. The summed E-state index contributed by atoms with van der Waals surface area (Å²) < 4.78 is 13.0. The van der Waals surface area contributed by atoms with E-state index in [9.17, 15) is 4.39 Å². The molecule has 1 aliphatic rings. The number of benzene rings is 2. The van der Waals surface area contributed by atoms with Crippen LogP contribution in [0.25, 0.3) is 11.1 Å². The maximum atomic E-state index is 13.0. The second kappa shape index (κ2) is 10.2. The summed E-state index contributed by atoms with van der Waals surface area (Å²) in [4.78, 5) is 0. The van der Waals surface area contributed by atoms with Crippen LogP contribution in [-0.2, 0) is 6.42 Å². The second-order valence-electron chi connectivity index (χ2n) is 8.27. The maximum Gasteiger partial charge on any atom is 0.451 e.